The van der Waals surface area contributed by atoms with Crippen LogP contribution in [0.15, 0.2) is 64.7 Å². The average Bonchev–Trinajstić information content (AvgIpc) is 3.57. The van der Waals surface area contributed by atoms with E-state index >= 15 is 0 Å². The van der Waals surface area contributed by atoms with E-state index in [2.05, 4.69) is 22.1 Å². The van der Waals surface area contributed by atoms with Crippen LogP contribution in [0.3, 0.4) is 0 Å². The zero-order chi connectivity index (χ0) is 23.7. The Kier molecular flexibility index (Phi) is 5.89. The maximum atomic E-state index is 12.8. The third-order valence-corrected chi connectivity index (χ3v) is 6.35. The Labute approximate surface area is 199 Å². The quantitative estimate of drug-likeness (QED) is 0.286. The Morgan fingerprint density at radius 3 is 2.94 bits per heavy atom. The number of hydrogen-bond donors (Lipinski definition) is 1. The van der Waals surface area contributed by atoms with Crippen LogP contribution in [0.1, 0.15) is 6.92 Å². The zero-order valence-electron chi connectivity index (χ0n) is 18.6. The highest BCUT2D eigenvalue weighted by molar-refractivity contribution is 8.00. The third kappa shape index (κ3) is 4.08. The molecule has 3 heterocycles. The van der Waals surface area contributed by atoms with Gasteiger partial charge in [0.25, 0.3) is 0 Å². The first-order valence-electron chi connectivity index (χ1n) is 10.6. The van der Waals surface area contributed by atoms with E-state index in [1.165, 1.54) is 11.8 Å². The first-order valence-corrected chi connectivity index (χ1v) is 11.4. The van der Waals surface area contributed by atoms with E-state index in [-0.39, 0.29) is 12.7 Å². The van der Waals surface area contributed by atoms with Crippen molar-refractivity contribution in [1.29, 1.82) is 0 Å². The number of nitrogens with one attached hydrogen (secondary N) is 1. The standard InChI is InChI=1S/C24H22N4O5S/c1-4-10-28-22(20-11-15-6-5-7-18(30-3)21(15)33-20)26-27-24(28)34-14(2)23(29)25-16-8-9-17-19(12-16)32-13-31-17/h4-9,11-12,14H,1,10,13H2,2-3H3,(H,25,29)/t14-/m0/s1. The van der Waals surface area contributed by atoms with Gasteiger partial charge in [0.1, 0.15) is 0 Å². The van der Waals surface area contributed by atoms with Crippen LogP contribution in [0.4, 0.5) is 5.69 Å². The van der Waals surface area contributed by atoms with Crippen LogP contribution in [-0.4, -0.2) is 39.8 Å². The molecule has 0 unspecified atom stereocenters. The summed E-state index contributed by atoms with van der Waals surface area (Å²) in [7, 11) is 1.60. The van der Waals surface area contributed by atoms with Gasteiger partial charge in [-0.25, -0.2) is 0 Å². The molecule has 1 aliphatic rings. The maximum absolute atomic E-state index is 12.8. The van der Waals surface area contributed by atoms with Crippen LogP contribution < -0.4 is 19.5 Å². The van der Waals surface area contributed by atoms with Crippen molar-refractivity contribution < 1.29 is 23.4 Å². The molecule has 2 aromatic heterocycles. The van der Waals surface area contributed by atoms with E-state index in [9.17, 15) is 4.79 Å². The molecule has 1 N–H and O–H groups in total. The number of carbonyl (C=O) groups is 1. The molecule has 174 valence electrons. The molecule has 4 aromatic rings. The lowest BCUT2D eigenvalue weighted by molar-refractivity contribution is -0.115. The fourth-order valence-corrected chi connectivity index (χ4v) is 4.45. The van der Waals surface area contributed by atoms with Crippen LogP contribution in [0, 0.1) is 0 Å². The number of ether oxygens (including phenoxy) is 3. The second kappa shape index (κ2) is 9.14. The lowest BCUT2D eigenvalue weighted by atomic mass is 10.2. The molecule has 0 saturated heterocycles. The number of hydrogen-bond acceptors (Lipinski definition) is 8. The fraction of sp³-hybridized carbons (Fsp3) is 0.208. The summed E-state index contributed by atoms with van der Waals surface area (Å²) in [6, 6.07) is 12.9. The highest BCUT2D eigenvalue weighted by Gasteiger charge is 2.23. The Morgan fingerprint density at radius 2 is 2.12 bits per heavy atom. The van der Waals surface area contributed by atoms with Crippen molar-refractivity contribution in [2.24, 2.45) is 0 Å². The lowest BCUT2D eigenvalue weighted by Crippen LogP contribution is -2.23. The maximum Gasteiger partial charge on any atom is 0.237 e. The number of furan rings is 1. The van der Waals surface area contributed by atoms with Crippen molar-refractivity contribution in [1.82, 2.24) is 14.8 Å². The number of amides is 1. The van der Waals surface area contributed by atoms with Crippen molar-refractivity contribution in [3.63, 3.8) is 0 Å². The number of anilines is 1. The highest BCUT2D eigenvalue weighted by atomic mass is 32.2. The number of benzene rings is 2. The highest BCUT2D eigenvalue weighted by Crippen LogP contribution is 2.36. The van der Waals surface area contributed by atoms with Gasteiger partial charge in [-0.3, -0.25) is 9.36 Å². The number of carbonyl (C=O) groups excluding carboxylic acids is 1. The minimum absolute atomic E-state index is 0.174. The topological polar surface area (TPSA) is 101 Å². The van der Waals surface area contributed by atoms with Crippen molar-refractivity contribution >= 4 is 34.3 Å². The number of rotatable bonds is 8. The summed E-state index contributed by atoms with van der Waals surface area (Å²) in [4.78, 5) is 12.8. The fourth-order valence-electron chi connectivity index (χ4n) is 3.59. The summed E-state index contributed by atoms with van der Waals surface area (Å²) < 4.78 is 24.0. The molecule has 0 saturated carbocycles. The molecule has 1 atom stereocenters. The van der Waals surface area contributed by atoms with Gasteiger partial charge in [0.15, 0.2) is 33.7 Å². The molecule has 5 rings (SSSR count). The van der Waals surface area contributed by atoms with Gasteiger partial charge in [0.2, 0.25) is 18.5 Å². The molecule has 0 aliphatic carbocycles. The van der Waals surface area contributed by atoms with E-state index in [0.29, 0.717) is 51.8 Å². The van der Waals surface area contributed by atoms with E-state index in [1.54, 1.807) is 31.4 Å². The summed E-state index contributed by atoms with van der Waals surface area (Å²) >= 11 is 1.30. The zero-order valence-corrected chi connectivity index (χ0v) is 19.4. The van der Waals surface area contributed by atoms with Crippen molar-refractivity contribution in [2.45, 2.75) is 23.9 Å². The van der Waals surface area contributed by atoms with Gasteiger partial charge in [-0.15, -0.1) is 16.8 Å². The van der Waals surface area contributed by atoms with E-state index in [0.717, 1.165) is 5.39 Å². The Bertz CT molecular complexity index is 1380. The number of allylic oxidation sites excluding steroid dienone is 1. The largest absolute Gasteiger partial charge is 0.493 e. The molecule has 9 nitrogen and oxygen atoms in total. The molecule has 2 aromatic carbocycles. The summed E-state index contributed by atoms with van der Waals surface area (Å²) in [5, 5.41) is 12.6. The van der Waals surface area contributed by atoms with Crippen LogP contribution in [0.2, 0.25) is 0 Å². The summed E-state index contributed by atoms with van der Waals surface area (Å²) in [5.41, 5.74) is 1.27. The van der Waals surface area contributed by atoms with E-state index in [4.69, 9.17) is 18.6 Å². The van der Waals surface area contributed by atoms with Crippen LogP contribution in [0.25, 0.3) is 22.6 Å². The molecule has 0 spiro atoms. The number of methoxy groups -OCH3 is 1. The Hall–Kier alpha value is -3.92. The molecule has 0 fully saturated rings. The number of aromatic nitrogens is 3. The molecular formula is C24H22N4O5S. The predicted octanol–water partition coefficient (Wildman–Crippen LogP) is 4.73. The van der Waals surface area contributed by atoms with E-state index < -0.39 is 5.25 Å². The molecule has 0 bridgehead atoms. The van der Waals surface area contributed by atoms with Gasteiger partial charge in [-0.2, -0.15) is 0 Å². The first-order chi connectivity index (χ1) is 16.6. The van der Waals surface area contributed by atoms with Gasteiger partial charge in [-0.1, -0.05) is 30.0 Å². The Balaban J connectivity index is 1.37. The third-order valence-electron chi connectivity index (χ3n) is 5.27. The molecule has 1 aliphatic heterocycles. The number of para-hydroxylation sites is 1. The van der Waals surface area contributed by atoms with Gasteiger partial charge in [-0.05, 0) is 31.2 Å². The van der Waals surface area contributed by atoms with E-state index in [1.807, 2.05) is 35.8 Å². The predicted molar refractivity (Wildman–Crippen MR) is 128 cm³/mol. The number of nitrogens with zero attached hydrogens (tertiary/aromatic N) is 3. The number of fused-ring (bicyclic) bond motifs is 2. The second-order valence-electron chi connectivity index (χ2n) is 7.51. The smallest absolute Gasteiger partial charge is 0.237 e. The number of thioether (sulfide) groups is 1. The lowest BCUT2D eigenvalue weighted by Gasteiger charge is -2.13. The van der Waals surface area contributed by atoms with Crippen LogP contribution in [0.5, 0.6) is 17.2 Å². The van der Waals surface area contributed by atoms with Crippen molar-refractivity contribution in [3.8, 4) is 28.8 Å². The monoisotopic (exact) mass is 478 g/mol. The summed E-state index contributed by atoms with van der Waals surface area (Å²) in [6.45, 7) is 6.29. The minimum atomic E-state index is -0.443. The minimum Gasteiger partial charge on any atom is -0.493 e. The normalized spacial score (nSPS) is 13.1. The van der Waals surface area contributed by atoms with Crippen molar-refractivity contribution in [2.75, 3.05) is 19.2 Å². The van der Waals surface area contributed by atoms with Gasteiger partial charge in [0, 0.05) is 23.7 Å². The average molecular weight is 479 g/mol. The van der Waals surface area contributed by atoms with Crippen LogP contribution >= 0.6 is 11.8 Å². The molecule has 34 heavy (non-hydrogen) atoms. The second-order valence-corrected chi connectivity index (χ2v) is 8.82. The Morgan fingerprint density at radius 1 is 1.26 bits per heavy atom. The molecular weight excluding hydrogens is 456 g/mol. The SMILES string of the molecule is C=CCn1c(S[C@@H](C)C(=O)Nc2ccc3c(c2)OCO3)nnc1-c1cc2cccc(OC)c2o1. The van der Waals surface area contributed by atoms with Crippen molar-refractivity contribution in [3.05, 3.63) is 55.1 Å². The summed E-state index contributed by atoms with van der Waals surface area (Å²) in [6.07, 6.45) is 1.75. The van der Waals surface area contributed by atoms with Gasteiger partial charge >= 0.3 is 0 Å². The van der Waals surface area contributed by atoms with Gasteiger partial charge < -0.3 is 23.9 Å². The first kappa shape index (κ1) is 21.9. The molecule has 1 amide bonds. The molecule has 10 heteroatoms. The van der Waals surface area contributed by atoms with Crippen LogP contribution in [-0.2, 0) is 11.3 Å². The van der Waals surface area contributed by atoms with Gasteiger partial charge in [0.05, 0.1) is 12.4 Å². The molecule has 0 radical (unpaired) electrons. The summed E-state index contributed by atoms with van der Waals surface area (Å²) in [5.74, 6) is 2.83.